The van der Waals surface area contributed by atoms with Crippen LogP contribution in [0.1, 0.15) is 72.8 Å². The van der Waals surface area contributed by atoms with Gasteiger partial charge in [0.05, 0.1) is 29.0 Å². The quantitative estimate of drug-likeness (QED) is 0.165. The molecule has 0 saturated carbocycles. The first kappa shape index (κ1) is 37.8. The molecular formula is C38H43N5O8S. The second-order valence-electron chi connectivity index (χ2n) is 13.9. The van der Waals surface area contributed by atoms with Crippen molar-refractivity contribution in [1.29, 1.82) is 0 Å². The minimum atomic E-state index is -3.85. The van der Waals surface area contributed by atoms with Gasteiger partial charge in [0.1, 0.15) is 40.1 Å². The van der Waals surface area contributed by atoms with Gasteiger partial charge in [-0.1, -0.05) is 30.9 Å². The molecule has 0 fully saturated rings. The lowest BCUT2D eigenvalue weighted by Crippen LogP contribution is -2.44. The molecule has 0 radical (unpaired) electrons. The maximum Gasteiger partial charge on any atom is 0.425 e. The number of hydrogen-bond donors (Lipinski definition) is 1. The number of nitrogens with one attached hydrogen (secondary N) is 1. The van der Waals surface area contributed by atoms with E-state index in [1.807, 2.05) is 11.5 Å². The number of hydrogen-bond acceptors (Lipinski definition) is 10. The van der Waals surface area contributed by atoms with E-state index >= 15 is 0 Å². The van der Waals surface area contributed by atoms with Gasteiger partial charge in [0.15, 0.2) is 5.82 Å². The number of carbonyl (C=O) groups is 2. The van der Waals surface area contributed by atoms with Gasteiger partial charge in [-0.3, -0.25) is 4.72 Å². The maximum absolute atomic E-state index is 13.7. The van der Waals surface area contributed by atoms with Crippen LogP contribution in [-0.4, -0.2) is 46.3 Å². The Labute approximate surface area is 303 Å². The number of benzene rings is 2. The molecule has 2 amide bonds. The Morgan fingerprint density at radius 2 is 1.65 bits per heavy atom. The zero-order valence-electron chi connectivity index (χ0n) is 30.5. The minimum Gasteiger partial charge on any atom is -0.457 e. The fraction of sp³-hybridized carbons (Fsp3) is 0.316. The lowest BCUT2D eigenvalue weighted by molar-refractivity contribution is 0.0429. The summed E-state index contributed by atoms with van der Waals surface area (Å²) < 4.78 is 53.7. The van der Waals surface area contributed by atoms with Crippen LogP contribution in [0, 0.1) is 0 Å². The average molecular weight is 730 g/mol. The van der Waals surface area contributed by atoms with Crippen molar-refractivity contribution >= 4 is 44.7 Å². The number of allylic oxidation sites excluding steroid dienone is 4. The fourth-order valence-corrected chi connectivity index (χ4v) is 6.60. The summed E-state index contributed by atoms with van der Waals surface area (Å²) in [6, 6.07) is 13.7. The summed E-state index contributed by atoms with van der Waals surface area (Å²) in [5.41, 5.74) is 1.58. The monoisotopic (exact) mass is 729 g/mol. The van der Waals surface area contributed by atoms with Crippen LogP contribution in [0.25, 0.3) is 16.7 Å². The van der Waals surface area contributed by atoms with E-state index < -0.39 is 33.4 Å². The molecule has 274 valence electrons. The van der Waals surface area contributed by atoms with Crippen molar-refractivity contribution in [2.75, 3.05) is 9.62 Å². The first-order chi connectivity index (χ1) is 24.4. The highest BCUT2D eigenvalue weighted by atomic mass is 32.2. The molecular weight excluding hydrogens is 687 g/mol. The lowest BCUT2D eigenvalue weighted by atomic mass is 10.1. The highest BCUT2D eigenvalue weighted by Crippen LogP contribution is 2.42. The molecule has 1 N–H and O–H groups in total. The van der Waals surface area contributed by atoms with Crippen LogP contribution in [0.15, 0.2) is 90.6 Å². The summed E-state index contributed by atoms with van der Waals surface area (Å²) in [5.74, 6) is 0.841. The van der Waals surface area contributed by atoms with Crippen LogP contribution in [0.5, 0.6) is 11.5 Å². The number of imide groups is 1. The summed E-state index contributed by atoms with van der Waals surface area (Å²) in [7, 11) is -3.85. The smallest absolute Gasteiger partial charge is 0.425 e. The molecule has 1 atom stereocenters. The maximum atomic E-state index is 13.7. The van der Waals surface area contributed by atoms with Gasteiger partial charge in [-0.25, -0.2) is 28.0 Å². The average Bonchev–Trinajstić information content (AvgIpc) is 3.58. The minimum absolute atomic E-state index is 0.0178. The van der Waals surface area contributed by atoms with Crippen molar-refractivity contribution in [3.63, 3.8) is 0 Å². The molecule has 3 heterocycles. The number of carbonyl (C=O) groups excluding carboxylic acids is 2. The molecule has 1 aliphatic heterocycles. The Kier molecular flexibility index (Phi) is 10.6. The third-order valence-corrected chi connectivity index (χ3v) is 9.01. The van der Waals surface area contributed by atoms with Gasteiger partial charge in [0, 0.05) is 17.3 Å². The van der Waals surface area contributed by atoms with E-state index in [-0.39, 0.29) is 23.4 Å². The first-order valence-electron chi connectivity index (χ1n) is 16.5. The summed E-state index contributed by atoms with van der Waals surface area (Å²) in [6.07, 6.45) is 5.03. The molecule has 0 spiro atoms. The number of amides is 2. The van der Waals surface area contributed by atoms with E-state index in [9.17, 15) is 18.0 Å². The number of anilines is 2. The molecule has 0 aliphatic carbocycles. The molecule has 1 aliphatic rings. The van der Waals surface area contributed by atoms with E-state index in [0.717, 1.165) is 16.2 Å². The topological polar surface area (TPSA) is 151 Å². The van der Waals surface area contributed by atoms with Crippen LogP contribution in [0.2, 0.25) is 0 Å². The number of fused-ring (bicyclic) bond motifs is 3. The van der Waals surface area contributed by atoms with Gasteiger partial charge in [0.25, 0.3) is 10.0 Å². The zero-order chi connectivity index (χ0) is 38.0. The zero-order valence-corrected chi connectivity index (χ0v) is 31.3. The van der Waals surface area contributed by atoms with E-state index in [2.05, 4.69) is 21.3 Å². The van der Waals surface area contributed by atoms with Gasteiger partial charge in [-0.2, -0.15) is 4.90 Å². The number of nitrogens with zero attached hydrogens (tertiary/aromatic N) is 4. The molecule has 1 unspecified atom stereocenters. The van der Waals surface area contributed by atoms with E-state index in [1.165, 1.54) is 24.6 Å². The van der Waals surface area contributed by atoms with Crippen molar-refractivity contribution in [1.82, 2.24) is 14.5 Å². The Hall–Kier alpha value is -5.47. The van der Waals surface area contributed by atoms with Crippen molar-refractivity contribution in [3.8, 4) is 17.2 Å². The van der Waals surface area contributed by atoms with Gasteiger partial charge in [-0.15, -0.1) is 0 Å². The fourth-order valence-electron chi connectivity index (χ4n) is 5.47. The number of ether oxygens (including phenoxy) is 4. The lowest BCUT2D eigenvalue weighted by Gasteiger charge is -2.28. The van der Waals surface area contributed by atoms with E-state index in [0.29, 0.717) is 33.9 Å². The predicted molar refractivity (Wildman–Crippen MR) is 199 cm³/mol. The Bertz CT molecular complexity index is 2150. The number of sulfonamides is 1. The third kappa shape index (κ3) is 8.35. The van der Waals surface area contributed by atoms with Crippen molar-refractivity contribution in [2.45, 2.75) is 79.3 Å². The van der Waals surface area contributed by atoms with Crippen LogP contribution in [0.4, 0.5) is 21.1 Å². The molecule has 2 aromatic heterocycles. The van der Waals surface area contributed by atoms with Gasteiger partial charge in [-0.05, 0) is 97.9 Å². The predicted octanol–water partition coefficient (Wildman–Crippen LogP) is 8.87. The second-order valence-corrected chi connectivity index (χ2v) is 15.5. The normalized spacial score (nSPS) is 15.0. The van der Waals surface area contributed by atoms with Crippen LogP contribution in [-0.2, 0) is 30.8 Å². The number of rotatable bonds is 9. The number of aromatic nitrogens is 3. The van der Waals surface area contributed by atoms with E-state index in [4.69, 9.17) is 18.9 Å². The second kappa shape index (κ2) is 14.6. The van der Waals surface area contributed by atoms with Crippen LogP contribution < -0.4 is 14.4 Å². The SMILES string of the molecule is C=C/C=C\C(=C/C)S(=O)(=O)Nc1cccc(Oc2ccc(-n3c4c(c5ncnc(N(C(=O)OC(C)(C)C)C(=O)OC(C)(C)C)c53)C(C)OC4)cc2)c1. The third-order valence-electron chi connectivity index (χ3n) is 7.51. The molecule has 0 bridgehead atoms. The summed E-state index contributed by atoms with van der Waals surface area (Å²) >= 11 is 0. The van der Waals surface area contributed by atoms with E-state index in [1.54, 1.807) is 103 Å². The van der Waals surface area contributed by atoms with Crippen molar-refractivity contribution in [3.05, 3.63) is 102 Å². The highest BCUT2D eigenvalue weighted by molar-refractivity contribution is 7.96. The molecule has 52 heavy (non-hydrogen) atoms. The van der Waals surface area contributed by atoms with Gasteiger partial charge >= 0.3 is 12.2 Å². The first-order valence-corrected chi connectivity index (χ1v) is 18.0. The van der Waals surface area contributed by atoms with Crippen LogP contribution >= 0.6 is 0 Å². The van der Waals surface area contributed by atoms with Crippen molar-refractivity contribution < 1.29 is 37.0 Å². The molecule has 5 rings (SSSR count). The Morgan fingerprint density at radius 3 is 2.25 bits per heavy atom. The standard InChI is InChI=1S/C38H43N5O8S/c1-10-12-16-29(11-2)52(46,47)41-25-14-13-15-28(21-25)49-27-19-17-26(18-20-27)42-30-22-48-24(3)31(30)32-33(42)34(40-23-39-32)43(35(44)50-37(4,5)6)36(45)51-38(7,8)9/h10-21,23-24,41H,1,22H2,2-9H3/b16-12-,29-11+. The van der Waals surface area contributed by atoms with Crippen LogP contribution in [0.3, 0.4) is 0 Å². The molecule has 4 aromatic rings. The molecule has 13 nitrogen and oxygen atoms in total. The summed E-state index contributed by atoms with van der Waals surface area (Å²) in [5, 5.41) is 0. The Balaban J connectivity index is 1.53. The summed E-state index contributed by atoms with van der Waals surface area (Å²) in [4.78, 5) is 37.2. The van der Waals surface area contributed by atoms with Gasteiger partial charge < -0.3 is 23.5 Å². The Morgan fingerprint density at radius 1 is 1.00 bits per heavy atom. The molecule has 0 saturated heterocycles. The highest BCUT2D eigenvalue weighted by Gasteiger charge is 2.38. The molecule has 14 heteroatoms. The van der Waals surface area contributed by atoms with Crippen molar-refractivity contribution in [2.24, 2.45) is 0 Å². The summed E-state index contributed by atoms with van der Waals surface area (Å²) in [6.45, 7) is 17.6. The van der Waals surface area contributed by atoms with Gasteiger partial charge in [0.2, 0.25) is 0 Å². The molecule has 2 aromatic carbocycles. The largest absolute Gasteiger partial charge is 0.457 e.